The number of halogens is 9. The smallest absolute Gasteiger partial charge is 0.508 e. The van der Waals surface area contributed by atoms with Gasteiger partial charge >= 0.3 is 12.5 Å². The number of anilines is 2. The first-order valence-electron chi connectivity index (χ1n) is 17.4. The van der Waals surface area contributed by atoms with Crippen LogP contribution in [0.3, 0.4) is 0 Å². The molecule has 2 N–H and O–H groups in total. The van der Waals surface area contributed by atoms with Gasteiger partial charge in [0, 0.05) is 27.7 Å². The number of phenolic OH excluding ortho intramolecular Hbond substituents is 1. The number of pyridine rings is 1. The van der Waals surface area contributed by atoms with Crippen LogP contribution in [0.15, 0.2) is 90.6 Å². The molecule has 6 atom stereocenters. The number of nitrogens with one attached hydrogen (secondary N) is 1. The number of allylic oxidation sites excluding steroid dienone is 2. The van der Waals surface area contributed by atoms with E-state index < -0.39 is 99.1 Å². The van der Waals surface area contributed by atoms with Gasteiger partial charge in [-0.15, -0.1) is 13.2 Å². The molecule has 4 aromatic rings. The van der Waals surface area contributed by atoms with Crippen LogP contribution in [-0.2, 0) is 30.8 Å². The average Bonchev–Trinajstić information content (AvgIpc) is 3.53. The summed E-state index contributed by atoms with van der Waals surface area (Å²) in [6.07, 6.45) is -8.35. The van der Waals surface area contributed by atoms with Gasteiger partial charge in [-0.25, -0.2) is 4.98 Å². The molecule has 4 amide bonds. The molecule has 0 spiro atoms. The lowest BCUT2D eigenvalue weighted by molar-refractivity contribution is -0.274. The molecule has 2 saturated heterocycles. The molecular formula is C39H25Cl3F6N4O6. The molecule has 1 saturated carbocycles. The van der Waals surface area contributed by atoms with Gasteiger partial charge in [0.2, 0.25) is 11.8 Å². The van der Waals surface area contributed by atoms with E-state index in [0.717, 1.165) is 23.1 Å². The number of hydrogen-bond acceptors (Lipinski definition) is 8. The zero-order chi connectivity index (χ0) is 41.6. The van der Waals surface area contributed by atoms with Gasteiger partial charge in [-0.2, -0.15) is 18.2 Å². The van der Waals surface area contributed by atoms with E-state index in [9.17, 15) is 45.8 Å². The van der Waals surface area contributed by atoms with Gasteiger partial charge < -0.3 is 9.84 Å². The molecule has 3 aromatic carbocycles. The summed E-state index contributed by atoms with van der Waals surface area (Å²) in [6, 6.07) is 14.8. The maximum Gasteiger partial charge on any atom is 0.573 e. The molecule has 0 unspecified atom stereocenters. The second kappa shape index (κ2) is 13.9. The van der Waals surface area contributed by atoms with E-state index in [0.29, 0.717) is 22.3 Å². The minimum atomic E-state index is -5.19. The molecule has 19 heteroatoms. The van der Waals surface area contributed by atoms with Crippen LogP contribution in [0.25, 0.3) is 0 Å². The number of aromatic hydroxyl groups is 1. The van der Waals surface area contributed by atoms with E-state index in [1.54, 1.807) is 6.08 Å². The number of aromatic nitrogens is 1. The number of carbonyl (C=O) groups excluding carboxylic acids is 4. The lowest BCUT2D eigenvalue weighted by Gasteiger charge is -2.50. The van der Waals surface area contributed by atoms with Crippen LogP contribution in [-0.4, -0.2) is 45.1 Å². The number of imide groups is 2. The third-order valence-corrected chi connectivity index (χ3v) is 12.0. The Balaban J connectivity index is 1.33. The summed E-state index contributed by atoms with van der Waals surface area (Å²) in [5, 5.41) is 11.9. The third-order valence-electron chi connectivity index (χ3n) is 11.2. The Morgan fingerprint density at radius 3 is 2.10 bits per heavy atom. The van der Waals surface area contributed by atoms with Crippen molar-refractivity contribution in [3.8, 4) is 11.5 Å². The summed E-state index contributed by atoms with van der Waals surface area (Å²) in [7, 11) is 0. The Bertz CT molecular complexity index is 2430. The highest BCUT2D eigenvalue weighted by molar-refractivity contribution is 6.33. The molecular weight excluding hydrogens is 841 g/mol. The van der Waals surface area contributed by atoms with Crippen molar-refractivity contribution in [2.45, 2.75) is 36.7 Å². The number of nitrogens with zero attached hydrogens (tertiary/aromatic N) is 3. The molecule has 3 heterocycles. The van der Waals surface area contributed by atoms with Gasteiger partial charge in [-0.1, -0.05) is 58.6 Å². The van der Waals surface area contributed by atoms with E-state index in [1.807, 2.05) is 0 Å². The first-order valence-corrected chi connectivity index (χ1v) is 18.5. The number of ether oxygens (including phenoxy) is 1. The molecule has 1 aromatic heterocycles. The zero-order valence-electron chi connectivity index (χ0n) is 29.1. The number of carbonyl (C=O) groups is 4. The van der Waals surface area contributed by atoms with Crippen molar-refractivity contribution in [3.05, 3.63) is 122 Å². The lowest BCUT2D eigenvalue weighted by atomic mass is 9.49. The molecule has 58 heavy (non-hydrogen) atoms. The predicted molar refractivity (Wildman–Crippen MR) is 196 cm³/mol. The summed E-state index contributed by atoms with van der Waals surface area (Å²) in [6.45, 7) is 0. The minimum Gasteiger partial charge on any atom is -0.508 e. The molecule has 0 radical (unpaired) electrons. The van der Waals surface area contributed by atoms with Gasteiger partial charge in [0.1, 0.15) is 11.5 Å². The first-order chi connectivity index (χ1) is 27.3. The maximum absolute atomic E-state index is 15.3. The molecule has 10 nitrogen and oxygen atoms in total. The fourth-order valence-electron chi connectivity index (χ4n) is 8.93. The SMILES string of the molecule is O=C1[C@@H]2C[C@@H]3C(=CC[C@@H]4C(=O)N(c5ccc(Cl)cc5)C(=O)[C@@H]43)[C@H](c3cc(OC(F)(F)F)ccc3O)[C@]2(c2ccc(Cl)cc2)C(=O)N1Nc1ncc(C(F)(F)F)cc1Cl. The molecule has 4 aliphatic rings. The van der Waals surface area contributed by atoms with E-state index in [1.165, 1.54) is 48.5 Å². The summed E-state index contributed by atoms with van der Waals surface area (Å²) in [5.41, 5.74) is -0.608. The van der Waals surface area contributed by atoms with Crippen molar-refractivity contribution in [2.24, 2.45) is 23.7 Å². The van der Waals surface area contributed by atoms with E-state index >= 15 is 4.79 Å². The molecule has 3 fully saturated rings. The Morgan fingerprint density at radius 2 is 1.48 bits per heavy atom. The number of phenols is 1. The number of benzene rings is 3. The van der Waals surface area contributed by atoms with Gasteiger partial charge in [0.05, 0.1) is 39.4 Å². The van der Waals surface area contributed by atoms with Crippen LogP contribution in [0.1, 0.15) is 35.4 Å². The van der Waals surface area contributed by atoms with Crippen molar-refractivity contribution in [2.75, 3.05) is 10.3 Å². The average molecular weight is 866 g/mol. The largest absolute Gasteiger partial charge is 0.573 e. The van der Waals surface area contributed by atoms with Crippen molar-refractivity contribution in [1.82, 2.24) is 9.99 Å². The van der Waals surface area contributed by atoms with E-state index in [4.69, 9.17) is 34.8 Å². The Morgan fingerprint density at radius 1 is 0.828 bits per heavy atom. The topological polar surface area (TPSA) is 129 Å². The monoisotopic (exact) mass is 864 g/mol. The van der Waals surface area contributed by atoms with E-state index in [2.05, 4.69) is 15.1 Å². The van der Waals surface area contributed by atoms with Crippen LogP contribution >= 0.6 is 34.8 Å². The third kappa shape index (κ3) is 6.32. The number of amides is 4. The second-order valence-electron chi connectivity index (χ2n) is 14.2. The highest BCUT2D eigenvalue weighted by Crippen LogP contribution is 2.65. The van der Waals surface area contributed by atoms with Crippen LogP contribution in [0.5, 0.6) is 11.5 Å². The summed E-state index contributed by atoms with van der Waals surface area (Å²) >= 11 is 18.5. The maximum atomic E-state index is 15.3. The van der Waals surface area contributed by atoms with Crippen molar-refractivity contribution < 1.29 is 55.4 Å². The fraction of sp³-hybridized carbons (Fsp3) is 0.256. The Kier molecular flexibility index (Phi) is 9.48. The summed E-state index contributed by atoms with van der Waals surface area (Å²) in [5.74, 6) is -11.3. The molecule has 2 aliphatic carbocycles. The van der Waals surface area contributed by atoms with Crippen molar-refractivity contribution in [1.29, 1.82) is 0 Å². The molecule has 2 aliphatic heterocycles. The minimum absolute atomic E-state index is 0.0717. The highest BCUT2D eigenvalue weighted by atomic mass is 35.5. The van der Waals surface area contributed by atoms with Crippen LogP contribution in [0.4, 0.5) is 37.8 Å². The highest BCUT2D eigenvalue weighted by Gasteiger charge is 2.71. The fourth-order valence-corrected chi connectivity index (χ4v) is 9.39. The van der Waals surface area contributed by atoms with Crippen LogP contribution < -0.4 is 15.1 Å². The Hall–Kier alpha value is -5.32. The number of rotatable bonds is 6. The summed E-state index contributed by atoms with van der Waals surface area (Å²) in [4.78, 5) is 63.2. The number of alkyl halides is 6. The number of fused-ring (bicyclic) bond motifs is 4. The second-order valence-corrected chi connectivity index (χ2v) is 15.5. The van der Waals surface area contributed by atoms with Crippen molar-refractivity contribution in [3.63, 3.8) is 0 Å². The number of hydrazine groups is 1. The van der Waals surface area contributed by atoms with E-state index in [-0.39, 0.29) is 40.3 Å². The first kappa shape index (κ1) is 39.5. The van der Waals surface area contributed by atoms with Crippen molar-refractivity contribution >= 4 is 69.9 Å². The molecule has 300 valence electrons. The lowest BCUT2D eigenvalue weighted by Crippen LogP contribution is -2.53. The van der Waals surface area contributed by atoms with Gasteiger partial charge in [-0.3, -0.25) is 29.5 Å². The molecule has 8 rings (SSSR count). The van der Waals surface area contributed by atoms with Gasteiger partial charge in [0.15, 0.2) is 5.82 Å². The number of hydrogen-bond donors (Lipinski definition) is 2. The van der Waals surface area contributed by atoms with Gasteiger partial charge in [-0.05, 0) is 85.0 Å². The normalized spacial score (nSPS) is 25.7. The van der Waals surface area contributed by atoms with Crippen LogP contribution in [0, 0.1) is 23.7 Å². The quantitative estimate of drug-likeness (QED) is 0.112. The molecule has 0 bridgehead atoms. The predicted octanol–water partition coefficient (Wildman–Crippen LogP) is 8.85. The standard InChI is InChI=1S/C39H25Cl3F6N4O6/c40-19-3-1-17(2-4-19)37-27(34(55)52(36(37)57)50-32-28(42)13-18(16-49-32)38(43,44)45)15-25-23(31(37)26-14-22(9-12-29(26)53)58-39(46,47)48)10-11-24-30(25)35(56)51(33(24)54)21-7-5-20(41)6-8-21/h1-10,12-14,16,24-25,27,30-31,53H,11,15H2,(H,49,50)/t24-,25+,27-,30-,31+,37+/m0/s1. The Labute approximate surface area is 338 Å². The zero-order valence-corrected chi connectivity index (χ0v) is 31.4. The van der Waals surface area contributed by atoms with Crippen LogP contribution in [0.2, 0.25) is 15.1 Å². The van der Waals surface area contributed by atoms with Gasteiger partial charge in [0.25, 0.3) is 11.8 Å². The summed E-state index contributed by atoms with van der Waals surface area (Å²) < 4.78 is 85.5.